The Morgan fingerprint density at radius 2 is 2.00 bits per heavy atom. The monoisotopic (exact) mass is 283 g/mol. The third kappa shape index (κ3) is 4.51. The van der Waals surface area contributed by atoms with E-state index < -0.39 is 5.97 Å². The standard InChI is InChI=1S/C12H17N3O3S/c1-4-13-9(16)5-6-19-11-10(12(17)18)7(2)14-8(3)15-11/h4-6H2,1-3H3,(H,13,16)(H,17,18). The van der Waals surface area contributed by atoms with Crippen molar-refractivity contribution >= 4 is 23.6 Å². The van der Waals surface area contributed by atoms with Gasteiger partial charge in [0.1, 0.15) is 16.4 Å². The van der Waals surface area contributed by atoms with Gasteiger partial charge in [-0.15, -0.1) is 11.8 Å². The molecule has 0 unspecified atom stereocenters. The fourth-order valence-electron chi connectivity index (χ4n) is 1.56. The lowest BCUT2D eigenvalue weighted by Gasteiger charge is -2.08. The Kier molecular flexibility index (Phi) is 5.75. The molecule has 1 aromatic rings. The van der Waals surface area contributed by atoms with Crippen LogP contribution in [0.3, 0.4) is 0 Å². The van der Waals surface area contributed by atoms with Crippen LogP contribution in [0.5, 0.6) is 0 Å². The maximum atomic E-state index is 11.3. The highest BCUT2D eigenvalue weighted by Crippen LogP contribution is 2.23. The van der Waals surface area contributed by atoms with E-state index in [0.29, 0.717) is 35.3 Å². The summed E-state index contributed by atoms with van der Waals surface area (Å²) in [6, 6.07) is 0. The smallest absolute Gasteiger partial charge is 0.340 e. The van der Waals surface area contributed by atoms with Crippen molar-refractivity contribution in [2.45, 2.75) is 32.2 Å². The first-order chi connectivity index (χ1) is 8.95. The van der Waals surface area contributed by atoms with Crippen molar-refractivity contribution in [3.8, 4) is 0 Å². The SMILES string of the molecule is CCNC(=O)CCSc1nc(C)nc(C)c1C(=O)O. The Hall–Kier alpha value is -1.63. The third-order valence-electron chi connectivity index (χ3n) is 2.32. The van der Waals surface area contributed by atoms with Crippen LogP contribution in [-0.2, 0) is 4.79 Å². The second-order valence-electron chi connectivity index (χ2n) is 3.89. The summed E-state index contributed by atoms with van der Waals surface area (Å²) in [5.74, 6) is -0.0717. The van der Waals surface area contributed by atoms with Crippen molar-refractivity contribution in [3.63, 3.8) is 0 Å². The van der Waals surface area contributed by atoms with Crippen molar-refractivity contribution in [2.24, 2.45) is 0 Å². The number of aromatic carboxylic acids is 1. The number of nitrogens with zero attached hydrogens (tertiary/aromatic N) is 2. The molecule has 1 aromatic heterocycles. The number of amides is 1. The number of carboxylic acid groups (broad SMARTS) is 1. The predicted octanol–water partition coefficient (Wildman–Crippen LogP) is 1.41. The molecule has 7 heteroatoms. The highest BCUT2D eigenvalue weighted by atomic mass is 32.2. The Morgan fingerprint density at radius 1 is 1.32 bits per heavy atom. The number of hydrogen-bond acceptors (Lipinski definition) is 5. The van der Waals surface area contributed by atoms with Crippen LogP contribution < -0.4 is 5.32 Å². The van der Waals surface area contributed by atoms with Gasteiger partial charge in [0.25, 0.3) is 0 Å². The van der Waals surface area contributed by atoms with Crippen molar-refractivity contribution < 1.29 is 14.7 Å². The second kappa shape index (κ2) is 7.08. The Bertz CT molecular complexity index is 491. The van der Waals surface area contributed by atoms with Gasteiger partial charge in [-0.05, 0) is 20.8 Å². The van der Waals surface area contributed by atoms with Crippen molar-refractivity contribution in [1.29, 1.82) is 0 Å². The highest BCUT2D eigenvalue weighted by molar-refractivity contribution is 7.99. The third-order valence-corrected chi connectivity index (χ3v) is 3.30. The van der Waals surface area contributed by atoms with Gasteiger partial charge in [0.05, 0.1) is 5.69 Å². The lowest BCUT2D eigenvalue weighted by molar-refractivity contribution is -0.120. The topological polar surface area (TPSA) is 92.2 Å². The highest BCUT2D eigenvalue weighted by Gasteiger charge is 2.17. The van der Waals surface area contributed by atoms with E-state index in [0.717, 1.165) is 0 Å². The molecule has 1 rings (SSSR count). The van der Waals surface area contributed by atoms with Gasteiger partial charge < -0.3 is 10.4 Å². The van der Waals surface area contributed by atoms with Crippen molar-refractivity contribution in [2.75, 3.05) is 12.3 Å². The van der Waals surface area contributed by atoms with E-state index in [-0.39, 0.29) is 11.5 Å². The molecule has 0 saturated heterocycles. The lowest BCUT2D eigenvalue weighted by atomic mass is 10.2. The molecule has 0 atom stereocenters. The summed E-state index contributed by atoms with van der Waals surface area (Å²) in [6.45, 7) is 5.80. The van der Waals surface area contributed by atoms with Gasteiger partial charge in [-0.3, -0.25) is 4.79 Å². The molecule has 19 heavy (non-hydrogen) atoms. The minimum absolute atomic E-state index is 0.0469. The van der Waals surface area contributed by atoms with Crippen LogP contribution in [0.1, 0.15) is 35.2 Å². The summed E-state index contributed by atoms with van der Waals surface area (Å²) in [5, 5.41) is 12.3. The van der Waals surface area contributed by atoms with Crippen LogP contribution in [-0.4, -0.2) is 39.2 Å². The van der Waals surface area contributed by atoms with Gasteiger partial charge in [-0.2, -0.15) is 0 Å². The average molecular weight is 283 g/mol. The number of aromatic nitrogens is 2. The van der Waals surface area contributed by atoms with Crippen LogP contribution in [0, 0.1) is 13.8 Å². The average Bonchev–Trinajstić information content (AvgIpc) is 2.27. The maximum Gasteiger partial charge on any atom is 0.340 e. The van der Waals surface area contributed by atoms with E-state index in [1.165, 1.54) is 11.8 Å². The van der Waals surface area contributed by atoms with E-state index in [2.05, 4.69) is 15.3 Å². The molecular weight excluding hydrogens is 266 g/mol. The number of carbonyl (C=O) groups excluding carboxylic acids is 1. The molecule has 0 bridgehead atoms. The van der Waals surface area contributed by atoms with Gasteiger partial charge in [-0.1, -0.05) is 0 Å². The molecule has 0 saturated carbocycles. The summed E-state index contributed by atoms with van der Waals surface area (Å²) in [5.41, 5.74) is 0.562. The fraction of sp³-hybridized carbons (Fsp3) is 0.500. The van der Waals surface area contributed by atoms with Crippen molar-refractivity contribution in [3.05, 3.63) is 17.1 Å². The Balaban J connectivity index is 2.77. The number of carbonyl (C=O) groups is 2. The molecule has 104 valence electrons. The zero-order valence-corrected chi connectivity index (χ0v) is 12.0. The number of hydrogen-bond donors (Lipinski definition) is 2. The van der Waals surface area contributed by atoms with Crippen LogP contribution >= 0.6 is 11.8 Å². The van der Waals surface area contributed by atoms with Crippen LogP contribution in [0.25, 0.3) is 0 Å². The largest absolute Gasteiger partial charge is 0.478 e. The number of rotatable bonds is 6. The maximum absolute atomic E-state index is 11.3. The van der Waals surface area contributed by atoms with Crippen LogP contribution in [0.4, 0.5) is 0 Å². The fourth-order valence-corrected chi connectivity index (χ4v) is 2.61. The molecule has 0 aliphatic heterocycles. The van der Waals surface area contributed by atoms with Gasteiger partial charge in [0.15, 0.2) is 0 Å². The van der Waals surface area contributed by atoms with E-state index in [4.69, 9.17) is 5.11 Å². The number of aryl methyl sites for hydroxylation is 2. The molecule has 0 aromatic carbocycles. The predicted molar refractivity (Wildman–Crippen MR) is 72.5 cm³/mol. The summed E-state index contributed by atoms with van der Waals surface area (Å²) in [7, 11) is 0. The zero-order valence-electron chi connectivity index (χ0n) is 11.2. The number of carboxylic acids is 1. The first-order valence-electron chi connectivity index (χ1n) is 5.93. The molecule has 1 heterocycles. The number of nitrogens with one attached hydrogen (secondary N) is 1. The normalized spacial score (nSPS) is 10.3. The Labute approximate surface area is 116 Å². The minimum atomic E-state index is -1.04. The van der Waals surface area contributed by atoms with Gasteiger partial charge >= 0.3 is 5.97 Å². The molecule has 6 nitrogen and oxygen atoms in total. The van der Waals surface area contributed by atoms with Gasteiger partial charge in [0.2, 0.25) is 5.91 Å². The molecule has 0 aliphatic rings. The van der Waals surface area contributed by atoms with Gasteiger partial charge in [0, 0.05) is 18.7 Å². The first kappa shape index (κ1) is 15.4. The molecule has 0 aliphatic carbocycles. The van der Waals surface area contributed by atoms with E-state index in [1.54, 1.807) is 13.8 Å². The second-order valence-corrected chi connectivity index (χ2v) is 4.98. The van der Waals surface area contributed by atoms with Crippen LogP contribution in [0.2, 0.25) is 0 Å². The number of thioether (sulfide) groups is 1. The van der Waals surface area contributed by atoms with Crippen molar-refractivity contribution in [1.82, 2.24) is 15.3 Å². The minimum Gasteiger partial charge on any atom is -0.478 e. The summed E-state index contributed by atoms with van der Waals surface area (Å²) in [6.07, 6.45) is 0.333. The molecule has 2 N–H and O–H groups in total. The molecular formula is C12H17N3O3S. The Morgan fingerprint density at radius 3 is 2.58 bits per heavy atom. The van der Waals surface area contributed by atoms with E-state index in [9.17, 15) is 9.59 Å². The summed E-state index contributed by atoms with van der Waals surface area (Å²) < 4.78 is 0. The molecule has 1 amide bonds. The quantitative estimate of drug-likeness (QED) is 0.606. The molecule has 0 radical (unpaired) electrons. The van der Waals surface area contributed by atoms with Gasteiger partial charge in [-0.25, -0.2) is 14.8 Å². The summed E-state index contributed by atoms with van der Waals surface area (Å²) in [4.78, 5) is 30.7. The summed E-state index contributed by atoms with van der Waals surface area (Å²) >= 11 is 1.27. The zero-order chi connectivity index (χ0) is 14.4. The van der Waals surface area contributed by atoms with Crippen LogP contribution in [0.15, 0.2) is 5.03 Å². The molecule has 0 spiro atoms. The molecule has 0 fully saturated rings. The van der Waals surface area contributed by atoms with E-state index in [1.807, 2.05) is 6.92 Å². The lowest BCUT2D eigenvalue weighted by Crippen LogP contribution is -2.22. The van der Waals surface area contributed by atoms with E-state index >= 15 is 0 Å². The first-order valence-corrected chi connectivity index (χ1v) is 6.92.